The van der Waals surface area contributed by atoms with Gasteiger partial charge in [-0.3, -0.25) is 0 Å². The second-order valence-corrected chi connectivity index (χ2v) is 5.04. The Labute approximate surface area is 121 Å². The van der Waals surface area contributed by atoms with E-state index in [1.165, 1.54) is 0 Å². The summed E-state index contributed by atoms with van der Waals surface area (Å²) in [6.45, 7) is 0.556. The number of halogens is 1. The molecule has 0 aliphatic carbocycles. The van der Waals surface area contributed by atoms with Crippen molar-refractivity contribution in [3.05, 3.63) is 64.1 Å². The number of hydrogen-bond acceptors (Lipinski definition) is 2. The van der Waals surface area contributed by atoms with Crippen LogP contribution in [-0.4, -0.2) is 0 Å². The Hall–Kier alpha value is -1.79. The molecular formula is C16H14BrNO. The van der Waals surface area contributed by atoms with Crippen LogP contribution in [0, 0.1) is 11.3 Å². The molecule has 0 radical (unpaired) electrons. The smallest absolute Gasteiger partial charge is 0.120 e. The third-order valence-corrected chi connectivity index (χ3v) is 3.55. The minimum absolute atomic E-state index is 0.515. The van der Waals surface area contributed by atoms with Gasteiger partial charge in [0.2, 0.25) is 0 Å². The van der Waals surface area contributed by atoms with E-state index in [1.807, 2.05) is 48.5 Å². The topological polar surface area (TPSA) is 33.0 Å². The molecular weight excluding hydrogens is 302 g/mol. The van der Waals surface area contributed by atoms with E-state index in [0.717, 1.165) is 27.8 Å². The van der Waals surface area contributed by atoms with E-state index in [1.54, 1.807) is 0 Å². The Morgan fingerprint density at radius 2 is 1.89 bits per heavy atom. The number of aryl methyl sites for hydroxylation is 1. The van der Waals surface area contributed by atoms with Gasteiger partial charge in [-0.1, -0.05) is 46.3 Å². The van der Waals surface area contributed by atoms with Gasteiger partial charge in [0.1, 0.15) is 12.4 Å². The predicted molar refractivity (Wildman–Crippen MR) is 78.9 cm³/mol. The van der Waals surface area contributed by atoms with E-state index in [9.17, 15) is 0 Å². The van der Waals surface area contributed by atoms with E-state index >= 15 is 0 Å². The number of ether oxygens (including phenoxy) is 1. The van der Waals surface area contributed by atoms with E-state index in [4.69, 9.17) is 10.00 Å². The van der Waals surface area contributed by atoms with Crippen molar-refractivity contribution in [2.24, 2.45) is 0 Å². The Kier molecular flexibility index (Phi) is 5.00. The lowest BCUT2D eigenvalue weighted by molar-refractivity contribution is 0.306. The Morgan fingerprint density at radius 1 is 1.11 bits per heavy atom. The normalized spacial score (nSPS) is 9.89. The zero-order valence-corrected chi connectivity index (χ0v) is 12.1. The first-order valence-electron chi connectivity index (χ1n) is 6.11. The fourth-order valence-electron chi connectivity index (χ4n) is 1.76. The van der Waals surface area contributed by atoms with Gasteiger partial charge in [-0.2, -0.15) is 5.26 Å². The van der Waals surface area contributed by atoms with Gasteiger partial charge in [-0.15, -0.1) is 0 Å². The maximum atomic E-state index is 8.64. The number of nitriles is 1. The van der Waals surface area contributed by atoms with Gasteiger partial charge in [-0.25, -0.2) is 0 Å². The zero-order valence-electron chi connectivity index (χ0n) is 10.5. The van der Waals surface area contributed by atoms with E-state index in [-0.39, 0.29) is 0 Å². The molecule has 0 spiro atoms. The Balaban J connectivity index is 2.03. The predicted octanol–water partition coefficient (Wildman–Crippen LogP) is 4.48. The quantitative estimate of drug-likeness (QED) is 0.814. The summed E-state index contributed by atoms with van der Waals surface area (Å²) in [6, 6.07) is 18.1. The van der Waals surface area contributed by atoms with Crippen LogP contribution < -0.4 is 4.74 Å². The van der Waals surface area contributed by atoms with Gasteiger partial charge < -0.3 is 4.74 Å². The lowest BCUT2D eigenvalue weighted by Gasteiger charge is -2.09. The first-order valence-corrected chi connectivity index (χ1v) is 6.91. The highest BCUT2D eigenvalue weighted by atomic mass is 79.9. The van der Waals surface area contributed by atoms with Crippen molar-refractivity contribution < 1.29 is 4.74 Å². The fourth-order valence-corrected chi connectivity index (χ4v) is 2.21. The maximum absolute atomic E-state index is 8.64. The largest absolute Gasteiger partial charge is 0.489 e. The van der Waals surface area contributed by atoms with Gasteiger partial charge in [0.05, 0.1) is 6.07 Å². The molecule has 0 fully saturated rings. The fraction of sp³-hybridized carbons (Fsp3) is 0.188. The summed E-state index contributed by atoms with van der Waals surface area (Å²) in [7, 11) is 0. The van der Waals surface area contributed by atoms with Crippen molar-refractivity contribution in [1.82, 2.24) is 0 Å². The van der Waals surface area contributed by atoms with E-state index in [2.05, 4.69) is 22.0 Å². The van der Waals surface area contributed by atoms with E-state index in [0.29, 0.717) is 13.0 Å². The highest BCUT2D eigenvalue weighted by Gasteiger charge is 2.03. The van der Waals surface area contributed by atoms with Gasteiger partial charge >= 0.3 is 0 Å². The summed E-state index contributed by atoms with van der Waals surface area (Å²) in [5, 5.41) is 8.64. The van der Waals surface area contributed by atoms with E-state index < -0.39 is 0 Å². The lowest BCUT2D eigenvalue weighted by atomic mass is 10.1. The summed E-state index contributed by atoms with van der Waals surface area (Å²) >= 11 is 3.49. The van der Waals surface area contributed by atoms with Crippen LogP contribution in [0.3, 0.4) is 0 Å². The average molecular weight is 316 g/mol. The first kappa shape index (κ1) is 13.6. The van der Waals surface area contributed by atoms with Crippen molar-refractivity contribution >= 4 is 15.9 Å². The van der Waals surface area contributed by atoms with Gasteiger partial charge in [0.25, 0.3) is 0 Å². The molecule has 0 aliphatic rings. The molecule has 2 rings (SSSR count). The van der Waals surface area contributed by atoms with Gasteiger partial charge in [0, 0.05) is 10.9 Å². The SMILES string of the molecule is N#CCCc1cc(OCc2ccccc2)ccc1Br. The zero-order chi connectivity index (χ0) is 13.5. The number of hydrogen-bond donors (Lipinski definition) is 0. The van der Waals surface area contributed by atoms with Crippen LogP contribution in [-0.2, 0) is 13.0 Å². The summed E-state index contributed by atoms with van der Waals surface area (Å²) in [4.78, 5) is 0. The highest BCUT2D eigenvalue weighted by molar-refractivity contribution is 9.10. The molecule has 2 aromatic rings. The molecule has 0 atom stereocenters. The molecule has 0 unspecified atom stereocenters. The first-order chi connectivity index (χ1) is 9.29. The summed E-state index contributed by atoms with van der Waals surface area (Å²) in [5.41, 5.74) is 2.25. The van der Waals surface area contributed by atoms with Crippen LogP contribution >= 0.6 is 15.9 Å². The minimum atomic E-state index is 0.515. The molecule has 0 amide bonds. The highest BCUT2D eigenvalue weighted by Crippen LogP contribution is 2.24. The molecule has 96 valence electrons. The van der Waals surface area contributed by atoms with Crippen molar-refractivity contribution in [3.63, 3.8) is 0 Å². The van der Waals surface area contributed by atoms with Crippen LogP contribution in [0.5, 0.6) is 5.75 Å². The number of benzene rings is 2. The average Bonchev–Trinajstić information content (AvgIpc) is 2.46. The second kappa shape index (κ2) is 6.96. The third-order valence-electron chi connectivity index (χ3n) is 2.77. The molecule has 3 heteroatoms. The van der Waals surface area contributed by atoms with Gasteiger partial charge in [0.15, 0.2) is 0 Å². The molecule has 0 saturated carbocycles. The molecule has 2 nitrogen and oxygen atoms in total. The van der Waals surface area contributed by atoms with Crippen LogP contribution in [0.2, 0.25) is 0 Å². The van der Waals surface area contributed by atoms with Gasteiger partial charge in [-0.05, 0) is 35.7 Å². The Bertz CT molecular complexity index is 575. The standard InChI is InChI=1S/C16H14BrNO/c17-16-9-8-15(11-14(16)7-4-10-18)19-12-13-5-2-1-3-6-13/h1-3,5-6,8-9,11H,4,7,12H2. The van der Waals surface area contributed by atoms with Crippen molar-refractivity contribution in [1.29, 1.82) is 5.26 Å². The van der Waals surface area contributed by atoms with Crippen molar-refractivity contribution in [3.8, 4) is 11.8 Å². The molecule has 0 aromatic heterocycles. The molecule has 0 heterocycles. The minimum Gasteiger partial charge on any atom is -0.489 e. The van der Waals surface area contributed by atoms with Crippen molar-refractivity contribution in [2.75, 3.05) is 0 Å². The second-order valence-electron chi connectivity index (χ2n) is 4.19. The molecule has 0 N–H and O–H groups in total. The van der Waals surface area contributed by atoms with Crippen LogP contribution in [0.1, 0.15) is 17.5 Å². The van der Waals surface area contributed by atoms with Crippen molar-refractivity contribution in [2.45, 2.75) is 19.4 Å². The molecule has 0 bridgehead atoms. The monoisotopic (exact) mass is 315 g/mol. The maximum Gasteiger partial charge on any atom is 0.120 e. The lowest BCUT2D eigenvalue weighted by Crippen LogP contribution is -1.96. The molecule has 0 aliphatic heterocycles. The Morgan fingerprint density at radius 3 is 2.63 bits per heavy atom. The summed E-state index contributed by atoms with van der Waals surface area (Å²) in [5.74, 6) is 0.833. The third kappa shape index (κ3) is 4.11. The van der Waals surface area contributed by atoms with Crippen LogP contribution in [0.4, 0.5) is 0 Å². The molecule has 19 heavy (non-hydrogen) atoms. The molecule has 0 saturated heterocycles. The van der Waals surface area contributed by atoms with Crippen LogP contribution in [0.25, 0.3) is 0 Å². The number of rotatable bonds is 5. The summed E-state index contributed by atoms with van der Waals surface area (Å²) in [6.07, 6.45) is 1.25. The van der Waals surface area contributed by atoms with Crippen LogP contribution in [0.15, 0.2) is 53.0 Å². The molecule has 2 aromatic carbocycles. The summed E-state index contributed by atoms with van der Waals surface area (Å²) < 4.78 is 6.79. The number of nitrogens with zero attached hydrogens (tertiary/aromatic N) is 1.